The molecule has 0 aromatic heterocycles. The van der Waals surface area contributed by atoms with E-state index in [-0.39, 0.29) is 5.91 Å². The molecule has 2 rings (SSSR count). The van der Waals surface area contributed by atoms with Gasteiger partial charge >= 0.3 is 0 Å². The van der Waals surface area contributed by atoms with Gasteiger partial charge in [0.1, 0.15) is 5.75 Å². The van der Waals surface area contributed by atoms with Crippen LogP contribution in [0.4, 0.5) is 0 Å². The number of amides is 1. The highest BCUT2D eigenvalue weighted by Crippen LogP contribution is 2.22. The average Bonchev–Trinajstić information content (AvgIpc) is 2.87. The summed E-state index contributed by atoms with van der Waals surface area (Å²) in [6.07, 6.45) is 1.08. The molecule has 104 valence electrons. The van der Waals surface area contributed by atoms with Gasteiger partial charge in [-0.2, -0.15) is 0 Å². The first kappa shape index (κ1) is 13.9. The van der Waals surface area contributed by atoms with Crippen LogP contribution in [0.5, 0.6) is 5.75 Å². The van der Waals surface area contributed by atoms with E-state index in [0.29, 0.717) is 11.5 Å². The number of ether oxygens (including phenoxy) is 1. The summed E-state index contributed by atoms with van der Waals surface area (Å²) in [5.41, 5.74) is 1.76. The quantitative estimate of drug-likeness (QED) is 0.897. The number of carbonyl (C=O) groups excluding carboxylic acids is 1. The molecule has 4 nitrogen and oxygen atoms in total. The van der Waals surface area contributed by atoms with E-state index in [1.165, 1.54) is 0 Å². The van der Waals surface area contributed by atoms with Crippen LogP contribution in [0, 0.1) is 12.8 Å². The number of aryl methyl sites for hydroxylation is 1. The maximum absolute atomic E-state index is 12.4. The van der Waals surface area contributed by atoms with E-state index in [9.17, 15) is 4.79 Å². The number of nitrogens with zero attached hydrogens (tertiary/aromatic N) is 1. The summed E-state index contributed by atoms with van der Waals surface area (Å²) in [7, 11) is 3.59. The van der Waals surface area contributed by atoms with Crippen molar-refractivity contribution < 1.29 is 9.53 Å². The second-order valence-electron chi connectivity index (χ2n) is 5.15. The fourth-order valence-electron chi connectivity index (χ4n) is 2.61. The molecular formula is C15H22N2O2. The van der Waals surface area contributed by atoms with Crippen LogP contribution in [0.3, 0.4) is 0 Å². The summed E-state index contributed by atoms with van der Waals surface area (Å²) >= 11 is 0. The van der Waals surface area contributed by atoms with Crippen molar-refractivity contribution in [1.82, 2.24) is 10.2 Å². The van der Waals surface area contributed by atoms with Crippen LogP contribution in [-0.2, 0) is 0 Å². The molecule has 1 aromatic rings. The summed E-state index contributed by atoms with van der Waals surface area (Å²) in [5, 5.41) is 3.18. The predicted octanol–water partition coefficient (Wildman–Crippen LogP) is 1.69. The third-order valence-corrected chi connectivity index (χ3v) is 3.72. The third-order valence-electron chi connectivity index (χ3n) is 3.72. The SMILES string of the molecule is CNC[C@H]1CCN(C(=O)c2ccc(C)c(OC)c2)C1. The van der Waals surface area contributed by atoms with Crippen molar-refractivity contribution in [2.24, 2.45) is 5.92 Å². The van der Waals surface area contributed by atoms with E-state index >= 15 is 0 Å². The Balaban J connectivity index is 2.08. The minimum atomic E-state index is 0.108. The second-order valence-corrected chi connectivity index (χ2v) is 5.15. The smallest absolute Gasteiger partial charge is 0.253 e. The molecule has 0 radical (unpaired) electrons. The van der Waals surface area contributed by atoms with Crippen LogP contribution in [0.2, 0.25) is 0 Å². The molecule has 1 fully saturated rings. The number of rotatable bonds is 4. The number of methoxy groups -OCH3 is 1. The van der Waals surface area contributed by atoms with Crippen molar-refractivity contribution in [3.63, 3.8) is 0 Å². The highest BCUT2D eigenvalue weighted by molar-refractivity contribution is 5.95. The van der Waals surface area contributed by atoms with E-state index in [0.717, 1.165) is 37.4 Å². The number of hydrogen-bond donors (Lipinski definition) is 1. The van der Waals surface area contributed by atoms with Crippen LogP contribution in [0.15, 0.2) is 18.2 Å². The van der Waals surface area contributed by atoms with Crippen LogP contribution in [-0.4, -0.2) is 44.6 Å². The van der Waals surface area contributed by atoms with E-state index in [1.54, 1.807) is 7.11 Å². The van der Waals surface area contributed by atoms with E-state index in [1.807, 2.05) is 37.1 Å². The van der Waals surface area contributed by atoms with E-state index < -0.39 is 0 Å². The lowest BCUT2D eigenvalue weighted by atomic mass is 10.1. The Morgan fingerprint density at radius 3 is 3.00 bits per heavy atom. The zero-order valence-corrected chi connectivity index (χ0v) is 11.9. The molecule has 1 atom stereocenters. The summed E-state index contributed by atoms with van der Waals surface area (Å²) in [5.74, 6) is 1.45. The molecule has 1 aliphatic rings. The Hall–Kier alpha value is -1.55. The molecule has 1 saturated heterocycles. The number of carbonyl (C=O) groups is 1. The highest BCUT2D eigenvalue weighted by atomic mass is 16.5. The largest absolute Gasteiger partial charge is 0.496 e. The molecule has 1 N–H and O–H groups in total. The maximum atomic E-state index is 12.4. The highest BCUT2D eigenvalue weighted by Gasteiger charge is 2.26. The lowest BCUT2D eigenvalue weighted by molar-refractivity contribution is 0.0787. The van der Waals surface area contributed by atoms with Gasteiger partial charge in [-0.05, 0) is 50.6 Å². The predicted molar refractivity (Wildman–Crippen MR) is 75.7 cm³/mol. The Bertz CT molecular complexity index is 459. The fraction of sp³-hybridized carbons (Fsp3) is 0.533. The fourth-order valence-corrected chi connectivity index (χ4v) is 2.61. The van der Waals surface area contributed by atoms with Gasteiger partial charge in [0, 0.05) is 18.7 Å². The number of likely N-dealkylation sites (tertiary alicyclic amines) is 1. The Kier molecular flexibility index (Phi) is 4.43. The van der Waals surface area contributed by atoms with Gasteiger partial charge in [-0.3, -0.25) is 4.79 Å². The second kappa shape index (κ2) is 6.06. The van der Waals surface area contributed by atoms with Gasteiger partial charge in [0.2, 0.25) is 0 Å². The average molecular weight is 262 g/mol. The summed E-state index contributed by atoms with van der Waals surface area (Å²) < 4.78 is 5.28. The van der Waals surface area contributed by atoms with Crippen molar-refractivity contribution in [3.05, 3.63) is 29.3 Å². The molecule has 0 unspecified atom stereocenters. The molecule has 0 saturated carbocycles. The number of hydrogen-bond acceptors (Lipinski definition) is 3. The van der Waals surface area contributed by atoms with Crippen LogP contribution in [0.1, 0.15) is 22.3 Å². The molecule has 0 bridgehead atoms. The van der Waals surface area contributed by atoms with Crippen LogP contribution >= 0.6 is 0 Å². The monoisotopic (exact) mass is 262 g/mol. The molecule has 0 spiro atoms. The molecule has 19 heavy (non-hydrogen) atoms. The first-order valence-electron chi connectivity index (χ1n) is 6.74. The van der Waals surface area contributed by atoms with Gasteiger partial charge in [-0.1, -0.05) is 6.07 Å². The summed E-state index contributed by atoms with van der Waals surface area (Å²) in [4.78, 5) is 14.4. The Morgan fingerprint density at radius 1 is 1.53 bits per heavy atom. The van der Waals surface area contributed by atoms with Gasteiger partial charge in [-0.25, -0.2) is 0 Å². The number of benzene rings is 1. The first-order valence-corrected chi connectivity index (χ1v) is 6.74. The minimum Gasteiger partial charge on any atom is -0.496 e. The van der Waals surface area contributed by atoms with Gasteiger partial charge < -0.3 is 15.0 Å². The summed E-state index contributed by atoms with van der Waals surface area (Å²) in [6, 6.07) is 5.65. The van der Waals surface area contributed by atoms with Crippen LogP contribution < -0.4 is 10.1 Å². The van der Waals surface area contributed by atoms with Gasteiger partial charge in [0.25, 0.3) is 5.91 Å². The normalized spacial score (nSPS) is 18.7. The van der Waals surface area contributed by atoms with Gasteiger partial charge in [0.15, 0.2) is 0 Å². The topological polar surface area (TPSA) is 41.6 Å². The Morgan fingerprint density at radius 2 is 2.32 bits per heavy atom. The van der Waals surface area contributed by atoms with Gasteiger partial charge in [-0.15, -0.1) is 0 Å². The molecule has 4 heteroatoms. The Labute approximate surface area is 114 Å². The van der Waals surface area contributed by atoms with Crippen molar-refractivity contribution in [2.45, 2.75) is 13.3 Å². The third kappa shape index (κ3) is 3.07. The lowest BCUT2D eigenvalue weighted by Gasteiger charge is -2.17. The molecule has 1 heterocycles. The van der Waals surface area contributed by atoms with Crippen molar-refractivity contribution in [2.75, 3.05) is 33.8 Å². The number of nitrogens with one attached hydrogen (secondary N) is 1. The molecule has 1 aliphatic heterocycles. The molecular weight excluding hydrogens is 240 g/mol. The van der Waals surface area contributed by atoms with E-state index in [4.69, 9.17) is 4.74 Å². The molecule has 1 aromatic carbocycles. The standard InChI is InChI=1S/C15H22N2O2/c1-11-4-5-13(8-14(11)19-3)15(18)17-7-6-12(10-17)9-16-2/h4-5,8,12,16H,6-7,9-10H2,1-3H3/t12-/m1/s1. The first-order chi connectivity index (χ1) is 9.15. The van der Waals surface area contributed by atoms with Gasteiger partial charge in [0.05, 0.1) is 7.11 Å². The van der Waals surface area contributed by atoms with Crippen LogP contribution in [0.25, 0.3) is 0 Å². The zero-order valence-electron chi connectivity index (χ0n) is 11.9. The maximum Gasteiger partial charge on any atom is 0.253 e. The van der Waals surface area contributed by atoms with E-state index in [2.05, 4.69) is 5.32 Å². The summed E-state index contributed by atoms with van der Waals surface area (Å²) in [6.45, 7) is 4.64. The lowest BCUT2D eigenvalue weighted by Crippen LogP contribution is -2.30. The zero-order chi connectivity index (χ0) is 13.8. The van der Waals surface area contributed by atoms with Crippen molar-refractivity contribution >= 4 is 5.91 Å². The molecule has 1 amide bonds. The molecule has 0 aliphatic carbocycles. The van der Waals surface area contributed by atoms with Crippen molar-refractivity contribution in [1.29, 1.82) is 0 Å². The minimum absolute atomic E-state index is 0.108. The van der Waals surface area contributed by atoms with Crippen molar-refractivity contribution in [3.8, 4) is 5.75 Å².